The van der Waals surface area contributed by atoms with Crippen LogP contribution in [0.25, 0.3) is 0 Å². The molecular formula is C17H26BrCl2N3O2. The molecule has 3 rings (SSSR count). The fraction of sp³-hybridized carbons (Fsp3) is 0.588. The van der Waals surface area contributed by atoms with E-state index in [0.29, 0.717) is 13.2 Å². The van der Waals surface area contributed by atoms with E-state index in [1.54, 1.807) is 0 Å². The molecule has 0 bridgehead atoms. The zero-order valence-corrected chi connectivity index (χ0v) is 17.2. The van der Waals surface area contributed by atoms with E-state index < -0.39 is 6.04 Å². The maximum Gasteiger partial charge on any atom is 0.237 e. The molecule has 1 aromatic carbocycles. The van der Waals surface area contributed by atoms with Gasteiger partial charge in [0.2, 0.25) is 5.91 Å². The first-order valence-electron chi connectivity index (χ1n) is 8.27. The third kappa shape index (κ3) is 6.00. The van der Waals surface area contributed by atoms with Crippen LogP contribution in [0.1, 0.15) is 19.3 Å². The van der Waals surface area contributed by atoms with Crippen molar-refractivity contribution in [1.29, 1.82) is 0 Å². The van der Waals surface area contributed by atoms with Gasteiger partial charge >= 0.3 is 0 Å². The van der Waals surface area contributed by atoms with Gasteiger partial charge in [0, 0.05) is 42.5 Å². The van der Waals surface area contributed by atoms with Gasteiger partial charge in [-0.05, 0) is 49.4 Å². The lowest BCUT2D eigenvalue weighted by atomic mass is 9.91. The van der Waals surface area contributed by atoms with Crippen molar-refractivity contribution in [3.63, 3.8) is 0 Å². The summed E-state index contributed by atoms with van der Waals surface area (Å²) in [6.45, 7) is 3.23. The third-order valence-corrected chi connectivity index (χ3v) is 5.33. The van der Waals surface area contributed by atoms with Crippen LogP contribution in [0, 0.1) is 5.92 Å². The predicted molar refractivity (Wildman–Crippen MR) is 109 cm³/mol. The molecule has 2 saturated heterocycles. The van der Waals surface area contributed by atoms with Gasteiger partial charge in [0.15, 0.2) is 0 Å². The van der Waals surface area contributed by atoms with E-state index in [9.17, 15) is 4.79 Å². The highest BCUT2D eigenvalue weighted by Gasteiger charge is 2.30. The van der Waals surface area contributed by atoms with Crippen LogP contribution in [-0.4, -0.2) is 44.3 Å². The molecule has 1 aromatic rings. The smallest absolute Gasteiger partial charge is 0.237 e. The zero-order chi connectivity index (χ0) is 16.2. The van der Waals surface area contributed by atoms with Crippen molar-refractivity contribution < 1.29 is 9.53 Å². The predicted octanol–water partition coefficient (Wildman–Crippen LogP) is 2.74. The molecule has 8 heteroatoms. The molecule has 25 heavy (non-hydrogen) atoms. The first-order chi connectivity index (χ1) is 11.1. The maximum absolute atomic E-state index is 12.4. The molecule has 0 spiro atoms. The lowest BCUT2D eigenvalue weighted by Crippen LogP contribution is -2.50. The summed E-state index contributed by atoms with van der Waals surface area (Å²) in [4.78, 5) is 14.7. The van der Waals surface area contributed by atoms with Gasteiger partial charge in [-0.1, -0.05) is 15.9 Å². The number of benzene rings is 1. The number of carbonyl (C=O) groups is 1. The van der Waals surface area contributed by atoms with Crippen LogP contribution in [0.15, 0.2) is 28.7 Å². The number of nitrogens with one attached hydrogen (secondary N) is 1. The standard InChI is InChI=1S/C17H24BrN3O2.2ClH/c18-13-1-3-15(4-2-13)21-8-5-14(11-21)20-17(22)16(19)12-6-9-23-10-7-12;;/h1-4,12,14,16H,5-11,19H2,(H,20,22);2*1H. The molecule has 0 radical (unpaired) electrons. The zero-order valence-electron chi connectivity index (χ0n) is 14.0. The maximum atomic E-state index is 12.4. The Morgan fingerprint density at radius 2 is 1.84 bits per heavy atom. The molecule has 2 fully saturated rings. The van der Waals surface area contributed by atoms with Crippen LogP contribution in [0.2, 0.25) is 0 Å². The van der Waals surface area contributed by atoms with E-state index in [0.717, 1.165) is 36.8 Å². The Hall–Kier alpha value is -0.530. The second-order valence-electron chi connectivity index (χ2n) is 6.39. The molecule has 0 aromatic heterocycles. The average molecular weight is 455 g/mol. The van der Waals surface area contributed by atoms with Crippen molar-refractivity contribution >= 4 is 52.3 Å². The summed E-state index contributed by atoms with van der Waals surface area (Å²) in [5.74, 6) is 0.229. The van der Waals surface area contributed by atoms with Crippen LogP contribution in [0.3, 0.4) is 0 Å². The lowest BCUT2D eigenvalue weighted by Gasteiger charge is -2.27. The second-order valence-corrected chi connectivity index (χ2v) is 7.31. The Bertz CT molecular complexity index is 541. The molecule has 1 amide bonds. The van der Waals surface area contributed by atoms with E-state index in [-0.39, 0.29) is 42.7 Å². The fourth-order valence-corrected chi connectivity index (χ4v) is 3.62. The van der Waals surface area contributed by atoms with E-state index in [4.69, 9.17) is 10.5 Å². The van der Waals surface area contributed by atoms with Crippen molar-refractivity contribution in [2.45, 2.75) is 31.3 Å². The van der Waals surface area contributed by atoms with Crippen LogP contribution in [0.4, 0.5) is 5.69 Å². The Morgan fingerprint density at radius 1 is 1.20 bits per heavy atom. The minimum atomic E-state index is -0.416. The summed E-state index contributed by atoms with van der Waals surface area (Å²) in [6.07, 6.45) is 2.72. The molecule has 3 N–H and O–H groups in total. The van der Waals surface area contributed by atoms with E-state index in [1.165, 1.54) is 5.69 Å². The van der Waals surface area contributed by atoms with Crippen molar-refractivity contribution in [2.24, 2.45) is 11.7 Å². The van der Waals surface area contributed by atoms with E-state index in [2.05, 4.69) is 38.3 Å². The molecule has 2 unspecified atom stereocenters. The van der Waals surface area contributed by atoms with Gasteiger partial charge in [-0.2, -0.15) is 0 Å². The number of carbonyl (C=O) groups excluding carboxylic acids is 1. The summed E-state index contributed by atoms with van der Waals surface area (Å²) in [5, 5.41) is 3.13. The van der Waals surface area contributed by atoms with Gasteiger partial charge in [-0.25, -0.2) is 0 Å². The van der Waals surface area contributed by atoms with E-state index in [1.807, 2.05) is 12.1 Å². The molecule has 5 nitrogen and oxygen atoms in total. The molecule has 2 heterocycles. The highest BCUT2D eigenvalue weighted by molar-refractivity contribution is 9.10. The van der Waals surface area contributed by atoms with Crippen LogP contribution < -0.4 is 16.0 Å². The number of ether oxygens (including phenoxy) is 1. The molecule has 2 aliphatic rings. The minimum Gasteiger partial charge on any atom is -0.381 e. The monoisotopic (exact) mass is 453 g/mol. The highest BCUT2D eigenvalue weighted by atomic mass is 79.9. The quantitative estimate of drug-likeness (QED) is 0.733. The molecular weight excluding hydrogens is 429 g/mol. The average Bonchev–Trinajstić information content (AvgIpc) is 3.04. The number of hydrogen-bond donors (Lipinski definition) is 2. The normalized spacial score (nSPS) is 21.8. The highest BCUT2D eigenvalue weighted by Crippen LogP contribution is 2.23. The summed E-state index contributed by atoms with van der Waals surface area (Å²) >= 11 is 3.45. The molecule has 0 saturated carbocycles. The number of anilines is 1. The van der Waals surface area contributed by atoms with Gasteiger partial charge in [0.05, 0.1) is 6.04 Å². The minimum absolute atomic E-state index is 0. The second kappa shape index (κ2) is 10.6. The van der Waals surface area contributed by atoms with Gasteiger partial charge in [-0.15, -0.1) is 24.8 Å². The molecule has 0 aliphatic carbocycles. The lowest BCUT2D eigenvalue weighted by molar-refractivity contribution is -0.124. The molecule has 142 valence electrons. The summed E-state index contributed by atoms with van der Waals surface area (Å²) < 4.78 is 6.41. The summed E-state index contributed by atoms with van der Waals surface area (Å²) in [7, 11) is 0. The van der Waals surface area contributed by atoms with Crippen LogP contribution >= 0.6 is 40.7 Å². The molecule has 2 aliphatic heterocycles. The largest absolute Gasteiger partial charge is 0.381 e. The first-order valence-corrected chi connectivity index (χ1v) is 9.07. The number of halogens is 3. The fourth-order valence-electron chi connectivity index (χ4n) is 3.35. The molecule has 2 atom stereocenters. The van der Waals surface area contributed by atoms with Gasteiger partial charge < -0.3 is 20.7 Å². The number of hydrogen-bond acceptors (Lipinski definition) is 4. The summed E-state index contributed by atoms with van der Waals surface area (Å²) in [6, 6.07) is 8.05. The van der Waals surface area contributed by atoms with Crippen LogP contribution in [0.5, 0.6) is 0 Å². The van der Waals surface area contributed by atoms with E-state index >= 15 is 0 Å². The number of amides is 1. The van der Waals surface area contributed by atoms with Crippen molar-refractivity contribution in [3.8, 4) is 0 Å². The number of nitrogens with zero attached hydrogens (tertiary/aromatic N) is 1. The first kappa shape index (κ1) is 22.5. The van der Waals surface area contributed by atoms with Crippen molar-refractivity contribution in [1.82, 2.24) is 5.32 Å². The van der Waals surface area contributed by atoms with Crippen molar-refractivity contribution in [3.05, 3.63) is 28.7 Å². The Balaban J connectivity index is 0.00000156. The van der Waals surface area contributed by atoms with Gasteiger partial charge in [0.25, 0.3) is 0 Å². The number of rotatable bonds is 4. The Morgan fingerprint density at radius 3 is 2.48 bits per heavy atom. The third-order valence-electron chi connectivity index (χ3n) is 4.80. The Kier molecular flexibility index (Phi) is 9.52. The van der Waals surface area contributed by atoms with Crippen LogP contribution in [-0.2, 0) is 9.53 Å². The van der Waals surface area contributed by atoms with Gasteiger partial charge in [0.1, 0.15) is 0 Å². The van der Waals surface area contributed by atoms with Crippen molar-refractivity contribution in [2.75, 3.05) is 31.2 Å². The summed E-state index contributed by atoms with van der Waals surface area (Å²) in [5.41, 5.74) is 7.34. The SMILES string of the molecule is Cl.Cl.NC(C(=O)NC1CCN(c2ccc(Br)cc2)C1)C1CCOCC1. The number of nitrogens with two attached hydrogens (primary N) is 1. The Labute approximate surface area is 170 Å². The van der Waals surface area contributed by atoms with Gasteiger partial charge in [-0.3, -0.25) is 4.79 Å². The topological polar surface area (TPSA) is 67.6 Å².